The number of nitrogens with zero attached hydrogens (tertiary/aromatic N) is 1. The van der Waals surface area contributed by atoms with E-state index in [1.165, 1.54) is 0 Å². The van der Waals surface area contributed by atoms with Gasteiger partial charge < -0.3 is 4.74 Å². The average molecular weight is 207 g/mol. The van der Waals surface area contributed by atoms with Gasteiger partial charge in [0.1, 0.15) is 5.69 Å². The number of pyridine rings is 1. The summed E-state index contributed by atoms with van der Waals surface area (Å²) in [7, 11) is 0. The molecule has 3 nitrogen and oxygen atoms in total. The van der Waals surface area contributed by atoms with Gasteiger partial charge in [0.25, 0.3) is 0 Å². The Morgan fingerprint density at radius 1 is 1.40 bits per heavy atom. The van der Waals surface area contributed by atoms with Crippen molar-refractivity contribution in [2.24, 2.45) is 0 Å². The monoisotopic (exact) mass is 207 g/mol. The molecule has 0 saturated heterocycles. The number of ether oxygens (including phenoxy) is 1. The SMILES string of the molecule is CCOCCCCC(=O)c1ccccn1. The third-order valence-corrected chi connectivity index (χ3v) is 2.10. The van der Waals surface area contributed by atoms with E-state index < -0.39 is 0 Å². The van der Waals surface area contributed by atoms with Crippen molar-refractivity contribution >= 4 is 5.78 Å². The Hall–Kier alpha value is -1.22. The molecule has 1 aromatic heterocycles. The first-order valence-corrected chi connectivity index (χ1v) is 5.36. The summed E-state index contributed by atoms with van der Waals surface area (Å²) in [6, 6.07) is 5.40. The highest BCUT2D eigenvalue weighted by molar-refractivity contribution is 5.94. The van der Waals surface area contributed by atoms with Gasteiger partial charge in [-0.25, -0.2) is 0 Å². The van der Waals surface area contributed by atoms with Crippen molar-refractivity contribution in [1.82, 2.24) is 4.98 Å². The Kier molecular flexibility index (Phi) is 5.63. The standard InChI is InChI=1S/C12H17NO2/c1-2-15-10-6-4-8-12(14)11-7-3-5-9-13-11/h3,5,7,9H,2,4,6,8,10H2,1H3. The van der Waals surface area contributed by atoms with Crippen molar-refractivity contribution in [2.75, 3.05) is 13.2 Å². The van der Waals surface area contributed by atoms with E-state index in [1.54, 1.807) is 12.3 Å². The van der Waals surface area contributed by atoms with Gasteiger partial charge in [0, 0.05) is 25.8 Å². The zero-order chi connectivity index (χ0) is 10.9. The van der Waals surface area contributed by atoms with Gasteiger partial charge in [-0.3, -0.25) is 9.78 Å². The van der Waals surface area contributed by atoms with Crippen LogP contribution >= 0.6 is 0 Å². The lowest BCUT2D eigenvalue weighted by Gasteiger charge is -2.01. The van der Waals surface area contributed by atoms with Crippen LogP contribution in [0.3, 0.4) is 0 Å². The predicted octanol–water partition coefficient (Wildman–Crippen LogP) is 2.47. The first-order chi connectivity index (χ1) is 7.34. The molecule has 0 aliphatic carbocycles. The summed E-state index contributed by atoms with van der Waals surface area (Å²) in [6.07, 6.45) is 4.01. The number of aromatic nitrogens is 1. The minimum atomic E-state index is 0.118. The molecule has 3 heteroatoms. The Labute approximate surface area is 90.5 Å². The van der Waals surface area contributed by atoms with Crippen LogP contribution in [0.4, 0.5) is 0 Å². The topological polar surface area (TPSA) is 39.2 Å². The number of carbonyl (C=O) groups is 1. The minimum Gasteiger partial charge on any atom is -0.382 e. The molecule has 0 aliphatic rings. The number of Topliss-reactive ketones (excluding diaryl/α,β-unsaturated/α-hetero) is 1. The maximum atomic E-state index is 11.6. The van der Waals surface area contributed by atoms with Crippen LogP contribution in [-0.2, 0) is 4.74 Å². The fraction of sp³-hybridized carbons (Fsp3) is 0.500. The lowest BCUT2D eigenvalue weighted by molar-refractivity contribution is 0.0965. The van der Waals surface area contributed by atoms with Crippen LogP contribution in [0.15, 0.2) is 24.4 Å². The van der Waals surface area contributed by atoms with Crippen LogP contribution < -0.4 is 0 Å². The molecule has 0 saturated carbocycles. The van der Waals surface area contributed by atoms with E-state index in [2.05, 4.69) is 4.98 Å². The molecule has 0 atom stereocenters. The third kappa shape index (κ3) is 4.70. The number of unbranched alkanes of at least 4 members (excludes halogenated alkanes) is 1. The van der Waals surface area contributed by atoms with Crippen LogP contribution in [0.5, 0.6) is 0 Å². The molecule has 1 heterocycles. The van der Waals surface area contributed by atoms with Crippen molar-refractivity contribution in [3.8, 4) is 0 Å². The molecular formula is C12H17NO2. The summed E-state index contributed by atoms with van der Waals surface area (Å²) in [5.41, 5.74) is 0.564. The number of hydrogen-bond donors (Lipinski definition) is 0. The van der Waals surface area contributed by atoms with Crippen LogP contribution in [-0.4, -0.2) is 24.0 Å². The van der Waals surface area contributed by atoms with Gasteiger partial charge in [-0.1, -0.05) is 6.07 Å². The molecule has 0 aromatic carbocycles. The normalized spacial score (nSPS) is 10.2. The molecule has 0 radical (unpaired) electrons. The van der Waals surface area contributed by atoms with Crippen molar-refractivity contribution < 1.29 is 9.53 Å². The van der Waals surface area contributed by atoms with E-state index in [1.807, 2.05) is 19.1 Å². The third-order valence-electron chi connectivity index (χ3n) is 2.10. The maximum Gasteiger partial charge on any atom is 0.181 e. The molecule has 0 bridgehead atoms. The highest BCUT2D eigenvalue weighted by Gasteiger charge is 2.05. The predicted molar refractivity (Wildman–Crippen MR) is 58.9 cm³/mol. The number of rotatable bonds is 7. The van der Waals surface area contributed by atoms with E-state index in [0.29, 0.717) is 12.1 Å². The first-order valence-electron chi connectivity index (χ1n) is 5.36. The molecule has 0 spiro atoms. The molecule has 1 aromatic rings. The number of hydrogen-bond acceptors (Lipinski definition) is 3. The Balaban J connectivity index is 2.20. The fourth-order valence-corrected chi connectivity index (χ4v) is 1.29. The van der Waals surface area contributed by atoms with E-state index in [-0.39, 0.29) is 5.78 Å². The second kappa shape index (κ2) is 7.12. The zero-order valence-electron chi connectivity index (χ0n) is 9.11. The van der Waals surface area contributed by atoms with E-state index >= 15 is 0 Å². The first kappa shape index (κ1) is 11.9. The largest absolute Gasteiger partial charge is 0.382 e. The summed E-state index contributed by atoms with van der Waals surface area (Å²) < 4.78 is 5.19. The Bertz CT molecular complexity index is 285. The maximum absolute atomic E-state index is 11.6. The molecular weight excluding hydrogens is 190 g/mol. The Morgan fingerprint density at radius 2 is 2.27 bits per heavy atom. The molecule has 0 N–H and O–H groups in total. The lowest BCUT2D eigenvalue weighted by Crippen LogP contribution is -2.02. The smallest absolute Gasteiger partial charge is 0.181 e. The summed E-state index contributed by atoms with van der Waals surface area (Å²) >= 11 is 0. The number of carbonyl (C=O) groups excluding carboxylic acids is 1. The fourth-order valence-electron chi connectivity index (χ4n) is 1.29. The molecule has 0 aliphatic heterocycles. The van der Waals surface area contributed by atoms with Crippen LogP contribution in [0.2, 0.25) is 0 Å². The average Bonchev–Trinajstić information content (AvgIpc) is 2.30. The molecule has 82 valence electrons. The van der Waals surface area contributed by atoms with Crippen molar-refractivity contribution in [3.63, 3.8) is 0 Å². The summed E-state index contributed by atoms with van der Waals surface area (Å²) in [6.45, 7) is 3.46. The second-order valence-electron chi connectivity index (χ2n) is 3.29. The highest BCUT2D eigenvalue weighted by Crippen LogP contribution is 2.04. The summed E-state index contributed by atoms with van der Waals surface area (Å²) in [4.78, 5) is 15.6. The van der Waals surface area contributed by atoms with Crippen LogP contribution in [0.25, 0.3) is 0 Å². The van der Waals surface area contributed by atoms with Gasteiger partial charge >= 0.3 is 0 Å². The van der Waals surface area contributed by atoms with Crippen LogP contribution in [0.1, 0.15) is 36.7 Å². The van der Waals surface area contributed by atoms with E-state index in [9.17, 15) is 4.79 Å². The lowest BCUT2D eigenvalue weighted by atomic mass is 10.1. The van der Waals surface area contributed by atoms with Gasteiger partial charge in [-0.2, -0.15) is 0 Å². The summed E-state index contributed by atoms with van der Waals surface area (Å²) in [5, 5.41) is 0. The van der Waals surface area contributed by atoms with Gasteiger partial charge in [-0.05, 0) is 31.9 Å². The van der Waals surface area contributed by atoms with Crippen molar-refractivity contribution in [1.29, 1.82) is 0 Å². The summed E-state index contributed by atoms with van der Waals surface area (Å²) in [5.74, 6) is 0.118. The Morgan fingerprint density at radius 3 is 2.93 bits per heavy atom. The molecule has 0 unspecified atom stereocenters. The van der Waals surface area contributed by atoms with E-state index in [4.69, 9.17) is 4.74 Å². The van der Waals surface area contributed by atoms with Gasteiger partial charge in [0.2, 0.25) is 0 Å². The molecule has 0 fully saturated rings. The minimum absolute atomic E-state index is 0.118. The molecule has 0 amide bonds. The number of ketones is 1. The molecule has 1 rings (SSSR count). The van der Waals surface area contributed by atoms with Gasteiger partial charge in [-0.15, -0.1) is 0 Å². The van der Waals surface area contributed by atoms with Gasteiger partial charge in [0.15, 0.2) is 5.78 Å². The quantitative estimate of drug-likeness (QED) is 0.509. The van der Waals surface area contributed by atoms with Crippen molar-refractivity contribution in [3.05, 3.63) is 30.1 Å². The van der Waals surface area contributed by atoms with Crippen molar-refractivity contribution in [2.45, 2.75) is 26.2 Å². The van der Waals surface area contributed by atoms with E-state index in [0.717, 1.165) is 26.1 Å². The molecule has 15 heavy (non-hydrogen) atoms. The van der Waals surface area contributed by atoms with Gasteiger partial charge in [0.05, 0.1) is 0 Å². The highest BCUT2D eigenvalue weighted by atomic mass is 16.5. The zero-order valence-corrected chi connectivity index (χ0v) is 9.11. The second-order valence-corrected chi connectivity index (χ2v) is 3.29. The van der Waals surface area contributed by atoms with Crippen LogP contribution in [0, 0.1) is 0 Å².